The van der Waals surface area contributed by atoms with E-state index in [-0.39, 0.29) is 17.5 Å². The zero-order valence-corrected chi connectivity index (χ0v) is 10.3. The lowest BCUT2D eigenvalue weighted by Crippen LogP contribution is -2.51. The van der Waals surface area contributed by atoms with Crippen LogP contribution < -0.4 is 5.73 Å². The highest BCUT2D eigenvalue weighted by Crippen LogP contribution is 2.20. The Kier molecular flexibility index (Phi) is 3.73. The number of carbonyl (C=O) groups is 1. The predicted molar refractivity (Wildman–Crippen MR) is 61.6 cm³/mol. The lowest BCUT2D eigenvalue weighted by Gasteiger charge is -2.31. The van der Waals surface area contributed by atoms with Gasteiger partial charge in [0.1, 0.15) is 0 Å². The maximum Gasteiger partial charge on any atom is 0.239 e. The molecular formula is C11H23N3O. The van der Waals surface area contributed by atoms with Gasteiger partial charge in [-0.25, -0.2) is 0 Å². The van der Waals surface area contributed by atoms with Gasteiger partial charge in [-0.2, -0.15) is 0 Å². The summed E-state index contributed by atoms with van der Waals surface area (Å²) in [5, 5.41) is 0. The van der Waals surface area contributed by atoms with Crippen LogP contribution in [0.4, 0.5) is 0 Å². The van der Waals surface area contributed by atoms with Gasteiger partial charge in [-0.05, 0) is 33.2 Å². The number of nitrogens with two attached hydrogens (primary N) is 1. The topological polar surface area (TPSA) is 49.6 Å². The van der Waals surface area contributed by atoms with Gasteiger partial charge in [0.05, 0.1) is 6.04 Å². The molecular weight excluding hydrogens is 190 g/mol. The van der Waals surface area contributed by atoms with Gasteiger partial charge in [-0.1, -0.05) is 0 Å². The number of rotatable bonds is 3. The van der Waals surface area contributed by atoms with Crippen molar-refractivity contribution in [1.29, 1.82) is 0 Å². The van der Waals surface area contributed by atoms with E-state index >= 15 is 0 Å². The molecule has 1 unspecified atom stereocenters. The lowest BCUT2D eigenvalue weighted by molar-refractivity contribution is -0.133. The van der Waals surface area contributed by atoms with Gasteiger partial charge in [-0.3, -0.25) is 9.69 Å². The predicted octanol–water partition coefficient (Wildman–Crippen LogP) is 0.276. The minimum atomic E-state index is -0.227. The largest absolute Gasteiger partial charge is 0.347 e. The highest BCUT2D eigenvalue weighted by Gasteiger charge is 2.33. The normalized spacial score (nSPS) is 23.1. The van der Waals surface area contributed by atoms with Crippen molar-refractivity contribution >= 4 is 5.91 Å². The highest BCUT2D eigenvalue weighted by molar-refractivity contribution is 5.81. The molecule has 4 heteroatoms. The summed E-state index contributed by atoms with van der Waals surface area (Å²) >= 11 is 0. The molecule has 0 aromatic heterocycles. The highest BCUT2D eigenvalue weighted by atomic mass is 16.2. The molecule has 1 aliphatic heterocycles. The van der Waals surface area contributed by atoms with Crippen LogP contribution in [0.5, 0.6) is 0 Å². The number of likely N-dealkylation sites (tertiary alicyclic amines) is 1. The summed E-state index contributed by atoms with van der Waals surface area (Å²) in [6.07, 6.45) is 2.06. The van der Waals surface area contributed by atoms with Gasteiger partial charge in [0.25, 0.3) is 0 Å². The summed E-state index contributed by atoms with van der Waals surface area (Å²) in [5.74, 6) is 0.205. The molecule has 1 atom stereocenters. The van der Waals surface area contributed by atoms with Crippen LogP contribution in [0, 0.1) is 0 Å². The molecule has 0 aromatic carbocycles. The van der Waals surface area contributed by atoms with Gasteiger partial charge in [0.2, 0.25) is 5.91 Å². The van der Waals surface area contributed by atoms with E-state index in [1.807, 2.05) is 27.9 Å². The summed E-state index contributed by atoms with van der Waals surface area (Å²) < 4.78 is 0. The molecule has 1 fully saturated rings. The maximum absolute atomic E-state index is 11.9. The van der Waals surface area contributed by atoms with Crippen molar-refractivity contribution in [3.05, 3.63) is 0 Å². The molecule has 4 nitrogen and oxygen atoms in total. The van der Waals surface area contributed by atoms with Crippen molar-refractivity contribution < 1.29 is 4.79 Å². The van der Waals surface area contributed by atoms with E-state index in [0.29, 0.717) is 0 Å². The fourth-order valence-electron chi connectivity index (χ4n) is 2.12. The van der Waals surface area contributed by atoms with E-state index in [9.17, 15) is 4.79 Å². The van der Waals surface area contributed by atoms with Gasteiger partial charge < -0.3 is 10.6 Å². The Balaban J connectivity index is 2.61. The number of hydrogen-bond donors (Lipinski definition) is 1. The third-order valence-corrected chi connectivity index (χ3v) is 2.70. The molecule has 0 aliphatic carbocycles. The number of nitrogens with zero attached hydrogens (tertiary/aromatic N) is 2. The van der Waals surface area contributed by atoms with Crippen molar-refractivity contribution in [3.8, 4) is 0 Å². The SMILES string of the molecule is CN(C)C(=O)C1CCCN1CC(C)(C)N. The number of hydrogen-bond acceptors (Lipinski definition) is 3. The molecule has 1 saturated heterocycles. The van der Waals surface area contributed by atoms with Crippen LogP contribution in [0.2, 0.25) is 0 Å². The Hall–Kier alpha value is -0.610. The Bertz CT molecular complexity index is 232. The Morgan fingerprint density at radius 1 is 1.53 bits per heavy atom. The Morgan fingerprint density at radius 2 is 2.13 bits per heavy atom. The van der Waals surface area contributed by atoms with Crippen molar-refractivity contribution in [2.45, 2.75) is 38.3 Å². The minimum Gasteiger partial charge on any atom is -0.347 e. The molecule has 0 radical (unpaired) electrons. The third-order valence-electron chi connectivity index (χ3n) is 2.70. The summed E-state index contributed by atoms with van der Waals surface area (Å²) in [6, 6.07) is 0.0443. The molecule has 88 valence electrons. The van der Waals surface area contributed by atoms with E-state index in [1.165, 1.54) is 0 Å². The summed E-state index contributed by atoms with van der Waals surface area (Å²) in [6.45, 7) is 5.78. The Morgan fingerprint density at radius 3 is 2.60 bits per heavy atom. The van der Waals surface area contributed by atoms with Crippen molar-refractivity contribution in [3.63, 3.8) is 0 Å². The van der Waals surface area contributed by atoms with Gasteiger partial charge in [-0.15, -0.1) is 0 Å². The summed E-state index contributed by atoms with van der Waals surface area (Å²) in [7, 11) is 3.62. The molecule has 0 saturated carbocycles. The van der Waals surface area contributed by atoms with E-state index in [0.717, 1.165) is 25.9 Å². The summed E-state index contributed by atoms with van der Waals surface area (Å²) in [4.78, 5) is 15.8. The fraction of sp³-hybridized carbons (Fsp3) is 0.909. The zero-order chi connectivity index (χ0) is 11.6. The van der Waals surface area contributed by atoms with Crippen LogP contribution in [0.25, 0.3) is 0 Å². The van der Waals surface area contributed by atoms with Gasteiger partial charge in [0.15, 0.2) is 0 Å². The smallest absolute Gasteiger partial charge is 0.239 e. The molecule has 15 heavy (non-hydrogen) atoms. The maximum atomic E-state index is 11.9. The first-order chi connectivity index (χ1) is 6.81. The van der Waals surface area contributed by atoms with Crippen molar-refractivity contribution in [1.82, 2.24) is 9.80 Å². The van der Waals surface area contributed by atoms with Crippen LogP contribution in [0.1, 0.15) is 26.7 Å². The van der Waals surface area contributed by atoms with Gasteiger partial charge in [0, 0.05) is 26.2 Å². The van der Waals surface area contributed by atoms with Crippen LogP contribution in [-0.4, -0.2) is 54.5 Å². The molecule has 1 heterocycles. The first-order valence-electron chi connectivity index (χ1n) is 5.55. The first kappa shape index (κ1) is 12.5. The first-order valence-corrected chi connectivity index (χ1v) is 5.55. The molecule has 0 aromatic rings. The monoisotopic (exact) mass is 213 g/mol. The average Bonchev–Trinajstić information content (AvgIpc) is 2.47. The van der Waals surface area contributed by atoms with Crippen LogP contribution in [0.15, 0.2) is 0 Å². The second-order valence-corrected chi connectivity index (χ2v) is 5.35. The Labute approximate surface area is 92.4 Å². The molecule has 0 spiro atoms. The molecule has 1 rings (SSSR count). The number of carbonyl (C=O) groups excluding carboxylic acids is 1. The standard InChI is InChI=1S/C11H23N3O/c1-11(2,12)8-14-7-5-6-9(14)10(15)13(3)4/h9H,5-8,12H2,1-4H3. The zero-order valence-electron chi connectivity index (χ0n) is 10.3. The fourth-order valence-corrected chi connectivity index (χ4v) is 2.12. The summed E-state index contributed by atoms with van der Waals surface area (Å²) in [5.41, 5.74) is 5.76. The van der Waals surface area contributed by atoms with Crippen LogP contribution in [0.3, 0.4) is 0 Å². The number of likely N-dealkylation sites (N-methyl/N-ethyl adjacent to an activating group) is 1. The second-order valence-electron chi connectivity index (χ2n) is 5.35. The second kappa shape index (κ2) is 4.49. The molecule has 1 amide bonds. The van der Waals surface area contributed by atoms with E-state index < -0.39 is 0 Å². The molecule has 1 aliphatic rings. The minimum absolute atomic E-state index is 0.0443. The molecule has 0 bridgehead atoms. The lowest BCUT2D eigenvalue weighted by atomic mass is 10.1. The number of amides is 1. The average molecular weight is 213 g/mol. The van der Waals surface area contributed by atoms with Crippen LogP contribution >= 0.6 is 0 Å². The van der Waals surface area contributed by atoms with Crippen molar-refractivity contribution in [2.75, 3.05) is 27.2 Å². The van der Waals surface area contributed by atoms with Crippen LogP contribution in [-0.2, 0) is 4.79 Å². The molecule has 2 N–H and O–H groups in total. The third kappa shape index (κ3) is 3.47. The van der Waals surface area contributed by atoms with E-state index in [1.54, 1.807) is 4.90 Å². The van der Waals surface area contributed by atoms with E-state index in [4.69, 9.17) is 5.73 Å². The quantitative estimate of drug-likeness (QED) is 0.732. The van der Waals surface area contributed by atoms with Gasteiger partial charge >= 0.3 is 0 Å². The van der Waals surface area contributed by atoms with Crippen molar-refractivity contribution in [2.24, 2.45) is 5.73 Å². The van der Waals surface area contributed by atoms with E-state index in [2.05, 4.69) is 4.90 Å².